The molecule has 0 spiro atoms. The number of amides is 1. The summed E-state index contributed by atoms with van der Waals surface area (Å²) in [6.07, 6.45) is 2.87. The van der Waals surface area contributed by atoms with Crippen molar-refractivity contribution >= 4 is 5.91 Å². The van der Waals surface area contributed by atoms with Crippen molar-refractivity contribution in [3.8, 4) is 0 Å². The summed E-state index contributed by atoms with van der Waals surface area (Å²) in [5, 5.41) is 0. The molecule has 1 amide bonds. The van der Waals surface area contributed by atoms with Crippen LogP contribution in [0.2, 0.25) is 0 Å². The molecule has 1 heterocycles. The summed E-state index contributed by atoms with van der Waals surface area (Å²) < 4.78 is 0. The minimum absolute atomic E-state index is 0.115. The van der Waals surface area contributed by atoms with Crippen molar-refractivity contribution in [2.45, 2.75) is 52.1 Å². The smallest absolute Gasteiger partial charge is 0.240 e. The van der Waals surface area contributed by atoms with Gasteiger partial charge in [-0.3, -0.25) is 4.79 Å². The molecule has 1 unspecified atom stereocenters. The van der Waals surface area contributed by atoms with Crippen molar-refractivity contribution in [3.63, 3.8) is 0 Å². The Morgan fingerprint density at radius 3 is 2.75 bits per heavy atom. The monoisotopic (exact) mass is 274 g/mol. The molecule has 0 aromatic heterocycles. The van der Waals surface area contributed by atoms with Gasteiger partial charge in [-0.15, -0.1) is 0 Å². The molecule has 20 heavy (non-hydrogen) atoms. The summed E-state index contributed by atoms with van der Waals surface area (Å²) in [5.41, 5.74) is 8.62. The fourth-order valence-electron chi connectivity index (χ4n) is 3.14. The summed E-state index contributed by atoms with van der Waals surface area (Å²) in [5.74, 6) is 0.568. The number of hydrogen-bond donors (Lipinski definition) is 1. The molecule has 3 heteroatoms. The largest absolute Gasteiger partial charge is 0.334 e. The van der Waals surface area contributed by atoms with E-state index in [-0.39, 0.29) is 18.0 Å². The van der Waals surface area contributed by atoms with Gasteiger partial charge in [0, 0.05) is 6.54 Å². The summed E-state index contributed by atoms with van der Waals surface area (Å²) in [4.78, 5) is 14.6. The van der Waals surface area contributed by atoms with Crippen LogP contribution in [0.4, 0.5) is 0 Å². The summed E-state index contributed by atoms with van der Waals surface area (Å²) >= 11 is 0. The van der Waals surface area contributed by atoms with Crippen molar-refractivity contribution < 1.29 is 4.79 Å². The summed E-state index contributed by atoms with van der Waals surface area (Å²) in [7, 11) is 0. The van der Waals surface area contributed by atoms with Gasteiger partial charge in [0.25, 0.3) is 0 Å². The number of likely N-dealkylation sites (tertiary alicyclic amines) is 1. The van der Waals surface area contributed by atoms with Crippen molar-refractivity contribution in [2.75, 3.05) is 6.54 Å². The first-order chi connectivity index (χ1) is 9.50. The van der Waals surface area contributed by atoms with Crippen molar-refractivity contribution in [1.82, 2.24) is 4.90 Å². The van der Waals surface area contributed by atoms with E-state index in [2.05, 4.69) is 39.0 Å². The van der Waals surface area contributed by atoms with E-state index in [0.29, 0.717) is 5.92 Å². The van der Waals surface area contributed by atoms with E-state index in [0.717, 1.165) is 25.8 Å². The Labute approximate surface area is 122 Å². The zero-order chi connectivity index (χ0) is 14.7. The van der Waals surface area contributed by atoms with Crippen LogP contribution in [0.3, 0.4) is 0 Å². The van der Waals surface area contributed by atoms with Gasteiger partial charge in [0.05, 0.1) is 12.1 Å². The molecule has 2 N–H and O–H groups in total. The average molecular weight is 274 g/mol. The van der Waals surface area contributed by atoms with Gasteiger partial charge in [0.1, 0.15) is 0 Å². The van der Waals surface area contributed by atoms with Crippen LogP contribution in [0.5, 0.6) is 0 Å². The SMILES string of the molecule is Cc1ccccc1C1CCCN1C(=O)[C@@H](N)CC(C)C. The molecule has 1 aromatic carbocycles. The normalized spacial score (nSPS) is 20.4. The number of rotatable bonds is 4. The van der Waals surface area contributed by atoms with Gasteiger partial charge in [-0.2, -0.15) is 0 Å². The summed E-state index contributed by atoms with van der Waals surface area (Å²) in [6.45, 7) is 7.17. The van der Waals surface area contributed by atoms with Crippen LogP contribution >= 0.6 is 0 Å². The molecule has 0 radical (unpaired) electrons. The number of hydrogen-bond acceptors (Lipinski definition) is 2. The highest BCUT2D eigenvalue weighted by Gasteiger charge is 2.33. The number of carbonyl (C=O) groups excluding carboxylic acids is 1. The molecule has 2 atom stereocenters. The number of benzene rings is 1. The number of carbonyl (C=O) groups is 1. The zero-order valence-corrected chi connectivity index (χ0v) is 12.8. The van der Waals surface area contributed by atoms with Crippen LogP contribution in [0.25, 0.3) is 0 Å². The van der Waals surface area contributed by atoms with Gasteiger partial charge >= 0.3 is 0 Å². The van der Waals surface area contributed by atoms with Crippen molar-refractivity contribution in [1.29, 1.82) is 0 Å². The van der Waals surface area contributed by atoms with Gasteiger partial charge in [0.2, 0.25) is 5.91 Å². The van der Waals surface area contributed by atoms with Crippen LogP contribution in [0, 0.1) is 12.8 Å². The highest BCUT2D eigenvalue weighted by molar-refractivity contribution is 5.82. The standard InChI is InChI=1S/C17H26N2O/c1-12(2)11-15(18)17(20)19-10-6-9-16(19)14-8-5-4-7-13(14)3/h4-5,7-8,12,15-16H,6,9-11,18H2,1-3H3/t15-,16?/m0/s1. The molecule has 3 nitrogen and oxygen atoms in total. The third-order valence-corrected chi connectivity index (χ3v) is 4.13. The molecule has 0 saturated carbocycles. The van der Waals surface area contributed by atoms with Gasteiger partial charge in [-0.1, -0.05) is 38.1 Å². The predicted molar refractivity (Wildman–Crippen MR) is 82.3 cm³/mol. The molecule has 2 rings (SSSR count). The van der Waals surface area contributed by atoms with Crippen LogP contribution in [-0.4, -0.2) is 23.4 Å². The van der Waals surface area contributed by atoms with Crippen molar-refractivity contribution in [2.24, 2.45) is 11.7 Å². The van der Waals surface area contributed by atoms with Crippen molar-refractivity contribution in [3.05, 3.63) is 35.4 Å². The molecule has 1 saturated heterocycles. The first-order valence-electron chi connectivity index (χ1n) is 7.62. The van der Waals surface area contributed by atoms with E-state index < -0.39 is 0 Å². The van der Waals surface area contributed by atoms with Crippen LogP contribution < -0.4 is 5.73 Å². The molecule has 110 valence electrons. The second kappa shape index (κ2) is 6.40. The Kier molecular flexibility index (Phi) is 4.81. The maximum atomic E-state index is 12.6. The maximum Gasteiger partial charge on any atom is 0.240 e. The molecule has 1 aliphatic rings. The Morgan fingerprint density at radius 1 is 1.40 bits per heavy atom. The maximum absolute atomic E-state index is 12.6. The average Bonchev–Trinajstić information content (AvgIpc) is 2.86. The third kappa shape index (κ3) is 3.21. The minimum Gasteiger partial charge on any atom is -0.334 e. The van der Waals surface area contributed by atoms with Gasteiger partial charge in [-0.05, 0) is 43.2 Å². The zero-order valence-electron chi connectivity index (χ0n) is 12.8. The Balaban J connectivity index is 2.15. The molecule has 1 aromatic rings. The molecule has 1 aliphatic heterocycles. The lowest BCUT2D eigenvalue weighted by atomic mass is 9.98. The van der Waals surface area contributed by atoms with Gasteiger partial charge in [-0.25, -0.2) is 0 Å². The van der Waals surface area contributed by atoms with E-state index in [1.54, 1.807) is 0 Å². The second-order valence-electron chi connectivity index (χ2n) is 6.28. The Bertz CT molecular complexity index is 470. The first-order valence-corrected chi connectivity index (χ1v) is 7.62. The van der Waals surface area contributed by atoms with E-state index >= 15 is 0 Å². The fraction of sp³-hybridized carbons (Fsp3) is 0.588. The molecular formula is C17H26N2O. The molecule has 0 bridgehead atoms. The van der Waals surface area contributed by atoms with Crippen LogP contribution in [-0.2, 0) is 4.79 Å². The topological polar surface area (TPSA) is 46.3 Å². The Hall–Kier alpha value is -1.35. The van der Waals surface area contributed by atoms with E-state index in [1.165, 1.54) is 11.1 Å². The lowest BCUT2D eigenvalue weighted by Gasteiger charge is -2.29. The van der Waals surface area contributed by atoms with Crippen LogP contribution in [0.15, 0.2) is 24.3 Å². The van der Waals surface area contributed by atoms with E-state index in [9.17, 15) is 4.79 Å². The molecule has 0 aliphatic carbocycles. The quantitative estimate of drug-likeness (QED) is 0.917. The van der Waals surface area contributed by atoms with Gasteiger partial charge in [0.15, 0.2) is 0 Å². The van der Waals surface area contributed by atoms with E-state index in [1.807, 2.05) is 11.0 Å². The summed E-state index contributed by atoms with van der Waals surface area (Å²) in [6, 6.07) is 8.20. The number of nitrogens with zero attached hydrogens (tertiary/aromatic N) is 1. The molecule has 1 fully saturated rings. The van der Waals surface area contributed by atoms with Gasteiger partial charge < -0.3 is 10.6 Å². The third-order valence-electron chi connectivity index (χ3n) is 4.13. The van der Waals surface area contributed by atoms with Crippen LogP contribution in [0.1, 0.15) is 50.3 Å². The van der Waals surface area contributed by atoms with E-state index in [4.69, 9.17) is 5.73 Å². The highest BCUT2D eigenvalue weighted by atomic mass is 16.2. The lowest BCUT2D eigenvalue weighted by molar-refractivity contribution is -0.133. The lowest BCUT2D eigenvalue weighted by Crippen LogP contribution is -2.44. The fourth-order valence-corrected chi connectivity index (χ4v) is 3.14. The molecular weight excluding hydrogens is 248 g/mol. The minimum atomic E-state index is -0.361. The predicted octanol–water partition coefficient (Wildman–Crippen LogP) is 3.03. The Morgan fingerprint density at radius 2 is 2.10 bits per heavy atom. The second-order valence-corrected chi connectivity index (χ2v) is 6.28. The number of nitrogens with two attached hydrogens (primary N) is 1. The number of aryl methyl sites for hydroxylation is 1. The first kappa shape index (κ1) is 15.0. The highest BCUT2D eigenvalue weighted by Crippen LogP contribution is 2.34.